The SMILES string of the molecule is CC[C@H]1CCc2sc(C(=O)N/N=C\C=C\c3ccccc3)cc2C1. The zero-order valence-corrected chi connectivity index (χ0v) is 14.7. The van der Waals surface area contributed by atoms with Crippen LogP contribution in [0.5, 0.6) is 0 Å². The van der Waals surface area contributed by atoms with Crippen LogP contribution in [0.15, 0.2) is 47.6 Å². The minimum Gasteiger partial charge on any atom is -0.266 e. The van der Waals surface area contributed by atoms with Gasteiger partial charge in [-0.2, -0.15) is 5.10 Å². The number of hydrogen-bond donors (Lipinski definition) is 1. The van der Waals surface area contributed by atoms with Gasteiger partial charge in [-0.15, -0.1) is 11.3 Å². The fourth-order valence-corrected chi connectivity index (χ4v) is 4.07. The first-order chi connectivity index (χ1) is 11.8. The number of allylic oxidation sites excluding steroid dienone is 1. The lowest BCUT2D eigenvalue weighted by atomic mass is 9.87. The Hall–Kier alpha value is -2.20. The lowest BCUT2D eigenvalue weighted by Crippen LogP contribution is -2.15. The molecule has 0 spiro atoms. The highest BCUT2D eigenvalue weighted by atomic mass is 32.1. The molecule has 0 unspecified atom stereocenters. The number of thiophene rings is 1. The molecule has 2 aromatic rings. The van der Waals surface area contributed by atoms with E-state index in [0.29, 0.717) is 0 Å². The molecule has 3 rings (SSSR count). The third-order valence-corrected chi connectivity index (χ3v) is 5.64. The maximum absolute atomic E-state index is 12.2. The van der Waals surface area contributed by atoms with Crippen molar-refractivity contribution in [2.24, 2.45) is 11.0 Å². The fourth-order valence-electron chi connectivity index (χ4n) is 2.97. The number of benzene rings is 1. The van der Waals surface area contributed by atoms with Crippen LogP contribution in [0.25, 0.3) is 6.08 Å². The third kappa shape index (κ3) is 4.20. The smallest absolute Gasteiger partial charge is 0.266 e. The van der Waals surface area contributed by atoms with E-state index in [9.17, 15) is 4.79 Å². The Kier molecular flexibility index (Phi) is 5.59. The highest BCUT2D eigenvalue weighted by Gasteiger charge is 2.21. The first-order valence-electron chi connectivity index (χ1n) is 8.43. The number of nitrogens with one attached hydrogen (secondary N) is 1. The summed E-state index contributed by atoms with van der Waals surface area (Å²) in [6.07, 6.45) is 10.0. The van der Waals surface area contributed by atoms with Gasteiger partial charge in [0.1, 0.15) is 0 Å². The first-order valence-corrected chi connectivity index (χ1v) is 9.24. The highest BCUT2D eigenvalue weighted by Crippen LogP contribution is 2.33. The van der Waals surface area contributed by atoms with Crippen molar-refractivity contribution in [2.45, 2.75) is 32.6 Å². The van der Waals surface area contributed by atoms with E-state index in [-0.39, 0.29) is 5.91 Å². The summed E-state index contributed by atoms with van der Waals surface area (Å²) < 4.78 is 0. The van der Waals surface area contributed by atoms with Crippen LogP contribution in [0.4, 0.5) is 0 Å². The number of rotatable bonds is 5. The molecule has 4 heteroatoms. The second kappa shape index (κ2) is 8.06. The summed E-state index contributed by atoms with van der Waals surface area (Å²) in [4.78, 5) is 14.3. The Bertz CT molecular complexity index is 746. The van der Waals surface area contributed by atoms with Crippen molar-refractivity contribution >= 4 is 29.5 Å². The summed E-state index contributed by atoms with van der Waals surface area (Å²) >= 11 is 1.61. The van der Waals surface area contributed by atoms with Crippen molar-refractivity contribution < 1.29 is 4.79 Å². The summed E-state index contributed by atoms with van der Waals surface area (Å²) in [6, 6.07) is 12.0. The zero-order chi connectivity index (χ0) is 16.8. The molecule has 0 saturated carbocycles. The van der Waals surface area contributed by atoms with Crippen molar-refractivity contribution in [1.29, 1.82) is 0 Å². The van der Waals surface area contributed by atoms with Gasteiger partial charge < -0.3 is 0 Å². The molecule has 0 radical (unpaired) electrons. The second-order valence-corrected chi connectivity index (χ2v) is 7.20. The number of carbonyl (C=O) groups is 1. The summed E-state index contributed by atoms with van der Waals surface area (Å²) in [6.45, 7) is 2.24. The molecule has 1 aliphatic rings. The van der Waals surface area contributed by atoms with Crippen molar-refractivity contribution in [3.63, 3.8) is 0 Å². The van der Waals surface area contributed by atoms with Crippen LogP contribution in [0.1, 0.15) is 45.4 Å². The second-order valence-electron chi connectivity index (χ2n) is 6.07. The van der Waals surface area contributed by atoms with E-state index in [2.05, 4.69) is 17.5 Å². The summed E-state index contributed by atoms with van der Waals surface area (Å²) in [5, 5.41) is 4.00. The van der Waals surface area contributed by atoms with Gasteiger partial charge in [0.25, 0.3) is 5.91 Å². The van der Waals surface area contributed by atoms with Crippen LogP contribution in [-0.4, -0.2) is 12.1 Å². The molecule has 3 nitrogen and oxygen atoms in total. The van der Waals surface area contributed by atoms with E-state index in [0.717, 1.165) is 29.2 Å². The standard InChI is InChI=1S/C20H22N2OS/c1-2-15-10-11-18-17(13-15)14-19(24-18)20(23)22-21-12-6-9-16-7-4-3-5-8-16/h3-9,12,14-15H,2,10-11,13H2,1H3,(H,22,23)/b9-6+,21-12-/t15-/m0/s1. The summed E-state index contributed by atoms with van der Waals surface area (Å²) in [7, 11) is 0. The Labute approximate surface area is 147 Å². The minimum absolute atomic E-state index is 0.119. The molecule has 1 aromatic carbocycles. The van der Waals surface area contributed by atoms with Crippen LogP contribution in [0.3, 0.4) is 0 Å². The van der Waals surface area contributed by atoms with E-state index in [1.54, 1.807) is 17.6 Å². The van der Waals surface area contributed by atoms with Crippen molar-refractivity contribution in [1.82, 2.24) is 5.43 Å². The number of hydrazone groups is 1. The van der Waals surface area contributed by atoms with Crippen LogP contribution in [0, 0.1) is 5.92 Å². The predicted octanol–water partition coefficient (Wildman–Crippen LogP) is 4.69. The molecule has 1 heterocycles. The molecule has 1 atom stereocenters. The molecule has 1 N–H and O–H groups in total. The first kappa shape index (κ1) is 16.7. The number of fused-ring (bicyclic) bond motifs is 1. The minimum atomic E-state index is -0.119. The van der Waals surface area contributed by atoms with Gasteiger partial charge in [-0.05, 0) is 48.4 Å². The molecular weight excluding hydrogens is 316 g/mol. The van der Waals surface area contributed by atoms with Crippen molar-refractivity contribution in [3.8, 4) is 0 Å². The van der Waals surface area contributed by atoms with Crippen LogP contribution < -0.4 is 5.43 Å². The van der Waals surface area contributed by atoms with Gasteiger partial charge in [-0.3, -0.25) is 4.79 Å². The van der Waals surface area contributed by atoms with Gasteiger partial charge in [0.15, 0.2) is 0 Å². The number of aryl methyl sites for hydroxylation is 1. The lowest BCUT2D eigenvalue weighted by molar-refractivity contribution is 0.0959. The summed E-state index contributed by atoms with van der Waals surface area (Å²) in [5.41, 5.74) is 5.07. The molecule has 1 amide bonds. The third-order valence-electron chi connectivity index (χ3n) is 4.40. The average Bonchev–Trinajstić information content (AvgIpc) is 3.05. The van der Waals surface area contributed by atoms with E-state index < -0.39 is 0 Å². The molecule has 1 aromatic heterocycles. The van der Waals surface area contributed by atoms with E-state index in [1.165, 1.54) is 23.3 Å². The van der Waals surface area contributed by atoms with Gasteiger partial charge in [-0.25, -0.2) is 5.43 Å². The van der Waals surface area contributed by atoms with Crippen LogP contribution in [0.2, 0.25) is 0 Å². The van der Waals surface area contributed by atoms with Gasteiger partial charge in [0, 0.05) is 11.1 Å². The van der Waals surface area contributed by atoms with E-state index >= 15 is 0 Å². The van der Waals surface area contributed by atoms with E-state index in [1.807, 2.05) is 48.6 Å². The van der Waals surface area contributed by atoms with E-state index in [4.69, 9.17) is 0 Å². The number of amides is 1. The number of carbonyl (C=O) groups excluding carboxylic acids is 1. The number of hydrogen-bond acceptors (Lipinski definition) is 3. The molecule has 0 aliphatic heterocycles. The zero-order valence-electron chi connectivity index (χ0n) is 13.9. The Morgan fingerprint density at radius 3 is 3.00 bits per heavy atom. The van der Waals surface area contributed by atoms with Gasteiger partial charge in [0.2, 0.25) is 0 Å². The molecule has 0 saturated heterocycles. The Morgan fingerprint density at radius 2 is 2.21 bits per heavy atom. The fraction of sp³-hybridized carbons (Fsp3) is 0.300. The van der Waals surface area contributed by atoms with Gasteiger partial charge >= 0.3 is 0 Å². The molecule has 24 heavy (non-hydrogen) atoms. The normalized spacial score (nSPS) is 17.3. The van der Waals surface area contributed by atoms with Crippen LogP contribution in [-0.2, 0) is 12.8 Å². The van der Waals surface area contributed by atoms with Gasteiger partial charge in [0.05, 0.1) is 4.88 Å². The molecule has 0 fully saturated rings. The lowest BCUT2D eigenvalue weighted by Gasteiger charge is -2.19. The predicted molar refractivity (Wildman–Crippen MR) is 102 cm³/mol. The highest BCUT2D eigenvalue weighted by molar-refractivity contribution is 7.14. The summed E-state index contributed by atoms with van der Waals surface area (Å²) in [5.74, 6) is 0.649. The topological polar surface area (TPSA) is 41.5 Å². The molecule has 0 bridgehead atoms. The maximum Gasteiger partial charge on any atom is 0.281 e. The van der Waals surface area contributed by atoms with Crippen LogP contribution >= 0.6 is 11.3 Å². The van der Waals surface area contributed by atoms with Gasteiger partial charge in [-0.1, -0.05) is 49.8 Å². The largest absolute Gasteiger partial charge is 0.281 e. The average molecular weight is 338 g/mol. The number of nitrogens with zero attached hydrogens (tertiary/aromatic N) is 1. The van der Waals surface area contributed by atoms with Crippen molar-refractivity contribution in [3.05, 3.63) is 63.4 Å². The Morgan fingerprint density at radius 1 is 1.38 bits per heavy atom. The molecule has 1 aliphatic carbocycles. The quantitative estimate of drug-likeness (QED) is 0.623. The Balaban J connectivity index is 1.55. The molecule has 124 valence electrons. The monoisotopic (exact) mass is 338 g/mol. The van der Waals surface area contributed by atoms with Crippen molar-refractivity contribution in [2.75, 3.05) is 0 Å². The maximum atomic E-state index is 12.2. The molecular formula is C20H22N2OS.